The molecular formula is C21H17BrCl2N2O3S. The number of hydrogen-bond donors (Lipinski definition) is 2. The minimum Gasteiger partial charge on any atom is -0.479 e. The van der Waals surface area contributed by atoms with Crippen LogP contribution in [-0.2, 0) is 11.3 Å². The highest BCUT2D eigenvalue weighted by Gasteiger charge is 2.17. The van der Waals surface area contributed by atoms with Crippen LogP contribution in [0.2, 0.25) is 10.0 Å². The molecule has 0 fully saturated rings. The average molecular weight is 528 g/mol. The smallest absolute Gasteiger partial charge is 0.266 e. The summed E-state index contributed by atoms with van der Waals surface area (Å²) in [5, 5.41) is 6.50. The maximum atomic E-state index is 12.3. The van der Waals surface area contributed by atoms with Gasteiger partial charge in [0, 0.05) is 15.1 Å². The van der Waals surface area contributed by atoms with Crippen molar-refractivity contribution in [2.75, 3.05) is 0 Å². The van der Waals surface area contributed by atoms with Gasteiger partial charge in [-0.15, -0.1) is 0 Å². The number of ether oxygens (including phenoxy) is 1. The lowest BCUT2D eigenvalue weighted by Crippen LogP contribution is -2.44. The number of rotatable bonds is 6. The molecule has 156 valence electrons. The topological polar surface area (TPSA) is 63.5 Å². The third kappa shape index (κ3) is 6.22. The molecule has 0 saturated heterocycles. The number of furan rings is 1. The van der Waals surface area contributed by atoms with Crippen LogP contribution in [0.5, 0.6) is 5.75 Å². The molecule has 3 aromatic rings. The van der Waals surface area contributed by atoms with Gasteiger partial charge in [-0.3, -0.25) is 10.1 Å². The fourth-order valence-electron chi connectivity index (χ4n) is 2.48. The Kier molecular flexibility index (Phi) is 7.77. The van der Waals surface area contributed by atoms with Crippen LogP contribution in [0.3, 0.4) is 0 Å². The lowest BCUT2D eigenvalue weighted by Gasteiger charge is -2.16. The van der Waals surface area contributed by atoms with E-state index in [-0.39, 0.29) is 5.11 Å². The van der Waals surface area contributed by atoms with Gasteiger partial charge in [-0.2, -0.15) is 0 Å². The van der Waals surface area contributed by atoms with E-state index in [0.29, 0.717) is 28.1 Å². The van der Waals surface area contributed by atoms with Crippen molar-refractivity contribution >= 4 is 62.4 Å². The van der Waals surface area contributed by atoms with Gasteiger partial charge in [0.25, 0.3) is 5.91 Å². The van der Waals surface area contributed by atoms with Gasteiger partial charge in [0.1, 0.15) is 17.3 Å². The second-order valence-corrected chi connectivity index (χ2v) is 8.45. The van der Waals surface area contributed by atoms with Gasteiger partial charge < -0.3 is 14.5 Å². The highest BCUT2D eigenvalue weighted by molar-refractivity contribution is 9.10. The maximum Gasteiger partial charge on any atom is 0.266 e. The molecule has 0 aliphatic carbocycles. The molecule has 3 rings (SSSR count). The Hall–Kier alpha value is -2.06. The van der Waals surface area contributed by atoms with Crippen LogP contribution in [0.1, 0.15) is 12.7 Å². The molecule has 9 heteroatoms. The maximum absolute atomic E-state index is 12.3. The Morgan fingerprint density at radius 1 is 1.17 bits per heavy atom. The van der Waals surface area contributed by atoms with Crippen LogP contribution in [0.25, 0.3) is 11.3 Å². The van der Waals surface area contributed by atoms with Gasteiger partial charge in [-0.1, -0.05) is 51.3 Å². The van der Waals surface area contributed by atoms with Crippen LogP contribution in [0.4, 0.5) is 0 Å². The average Bonchev–Trinajstić information content (AvgIpc) is 3.18. The number of thiocarbonyl (C=S) groups is 1. The van der Waals surface area contributed by atoms with E-state index in [1.807, 2.05) is 36.4 Å². The van der Waals surface area contributed by atoms with Crippen LogP contribution in [0.15, 0.2) is 63.5 Å². The van der Waals surface area contributed by atoms with Crippen molar-refractivity contribution < 1.29 is 13.9 Å². The molecule has 1 aromatic heterocycles. The number of halogens is 3. The zero-order valence-corrected chi connectivity index (χ0v) is 19.7. The molecule has 2 N–H and O–H groups in total. The fourth-order valence-corrected chi connectivity index (χ4v) is 3.37. The van der Waals surface area contributed by atoms with Crippen LogP contribution < -0.4 is 15.4 Å². The summed E-state index contributed by atoms with van der Waals surface area (Å²) in [4.78, 5) is 12.3. The molecule has 0 radical (unpaired) electrons. The van der Waals surface area contributed by atoms with E-state index >= 15 is 0 Å². The fraction of sp³-hybridized carbons (Fsp3) is 0.143. The van der Waals surface area contributed by atoms with Crippen LogP contribution in [-0.4, -0.2) is 17.1 Å². The van der Waals surface area contributed by atoms with E-state index in [1.165, 1.54) is 0 Å². The molecule has 0 aliphatic rings. The quantitative estimate of drug-likeness (QED) is 0.386. The molecule has 5 nitrogen and oxygen atoms in total. The zero-order chi connectivity index (χ0) is 21.7. The lowest BCUT2D eigenvalue weighted by molar-refractivity contribution is -0.125. The summed E-state index contributed by atoms with van der Waals surface area (Å²) in [7, 11) is 0. The molecule has 0 bridgehead atoms. The third-order valence-electron chi connectivity index (χ3n) is 4.02. The lowest BCUT2D eigenvalue weighted by atomic mass is 10.2. The first-order chi connectivity index (χ1) is 14.3. The van der Waals surface area contributed by atoms with E-state index < -0.39 is 12.0 Å². The van der Waals surface area contributed by atoms with Crippen molar-refractivity contribution in [1.82, 2.24) is 10.6 Å². The van der Waals surface area contributed by atoms with E-state index in [2.05, 4.69) is 26.6 Å². The Balaban J connectivity index is 1.49. The molecule has 1 amide bonds. The second-order valence-electron chi connectivity index (χ2n) is 6.28. The normalized spacial score (nSPS) is 11.6. The third-order valence-corrected chi connectivity index (χ3v) is 5.32. The Morgan fingerprint density at radius 3 is 2.60 bits per heavy atom. The molecule has 30 heavy (non-hydrogen) atoms. The molecule has 0 aliphatic heterocycles. The van der Waals surface area contributed by atoms with E-state index in [1.54, 1.807) is 25.1 Å². The SMILES string of the molecule is CC(Oc1ccc(Cl)cc1Cl)C(=O)NC(=S)NCc1ccc(-c2ccc(Br)cc2)o1. The largest absolute Gasteiger partial charge is 0.479 e. The number of hydrogen-bond acceptors (Lipinski definition) is 4. The minimum absolute atomic E-state index is 0.166. The molecule has 1 unspecified atom stereocenters. The Labute approximate surface area is 197 Å². The minimum atomic E-state index is -0.809. The number of nitrogens with one attached hydrogen (secondary N) is 2. The number of amides is 1. The van der Waals surface area contributed by atoms with Crippen molar-refractivity contribution in [3.05, 3.63) is 74.9 Å². The highest BCUT2D eigenvalue weighted by Crippen LogP contribution is 2.28. The number of carbonyl (C=O) groups excluding carboxylic acids is 1. The van der Waals surface area contributed by atoms with E-state index in [0.717, 1.165) is 15.8 Å². The molecule has 1 atom stereocenters. The van der Waals surface area contributed by atoms with Crippen LogP contribution >= 0.6 is 51.3 Å². The molecule has 0 spiro atoms. The molecule has 1 heterocycles. The summed E-state index contributed by atoms with van der Waals surface area (Å²) in [6.45, 7) is 1.92. The predicted molar refractivity (Wildman–Crippen MR) is 126 cm³/mol. The highest BCUT2D eigenvalue weighted by atomic mass is 79.9. The van der Waals surface area contributed by atoms with Crippen LogP contribution in [0, 0.1) is 0 Å². The summed E-state index contributed by atoms with van der Waals surface area (Å²) in [5.74, 6) is 1.38. The van der Waals surface area contributed by atoms with E-state index in [4.69, 9.17) is 44.6 Å². The van der Waals surface area contributed by atoms with E-state index in [9.17, 15) is 4.79 Å². The first-order valence-corrected chi connectivity index (χ1v) is 10.8. The summed E-state index contributed by atoms with van der Waals surface area (Å²) in [6, 6.07) is 16.3. The van der Waals surface area contributed by atoms with Crippen molar-refractivity contribution in [3.8, 4) is 17.1 Å². The van der Waals surface area contributed by atoms with Gasteiger partial charge in [0.2, 0.25) is 0 Å². The predicted octanol–water partition coefficient (Wildman–Crippen LogP) is 5.97. The van der Waals surface area contributed by atoms with Crippen molar-refractivity contribution in [2.45, 2.75) is 19.6 Å². The zero-order valence-electron chi connectivity index (χ0n) is 15.7. The van der Waals surface area contributed by atoms with Gasteiger partial charge in [0.15, 0.2) is 11.2 Å². The molecule has 2 aromatic carbocycles. The van der Waals surface area contributed by atoms with Gasteiger partial charge in [-0.05, 0) is 61.6 Å². The van der Waals surface area contributed by atoms with Gasteiger partial charge in [0.05, 0.1) is 11.6 Å². The molecule has 0 saturated carbocycles. The van der Waals surface area contributed by atoms with Gasteiger partial charge >= 0.3 is 0 Å². The monoisotopic (exact) mass is 526 g/mol. The first-order valence-electron chi connectivity index (χ1n) is 8.87. The summed E-state index contributed by atoms with van der Waals surface area (Å²) in [6.07, 6.45) is -0.809. The summed E-state index contributed by atoms with van der Waals surface area (Å²) in [5.41, 5.74) is 0.965. The first kappa shape index (κ1) is 22.6. The summed E-state index contributed by atoms with van der Waals surface area (Å²) >= 11 is 20.5. The number of carbonyl (C=O) groups is 1. The Morgan fingerprint density at radius 2 is 1.90 bits per heavy atom. The van der Waals surface area contributed by atoms with Crippen molar-refractivity contribution in [1.29, 1.82) is 0 Å². The van der Waals surface area contributed by atoms with Gasteiger partial charge in [-0.25, -0.2) is 0 Å². The van der Waals surface area contributed by atoms with Crippen molar-refractivity contribution in [3.63, 3.8) is 0 Å². The summed E-state index contributed by atoms with van der Waals surface area (Å²) < 4.78 is 12.4. The number of benzene rings is 2. The Bertz CT molecular complexity index is 1060. The van der Waals surface area contributed by atoms with Crippen molar-refractivity contribution in [2.24, 2.45) is 0 Å². The standard InChI is InChI=1S/C21H17BrCl2N2O3S/c1-12(28-19-8-6-15(23)10-17(19)24)20(27)26-21(30)25-11-16-7-9-18(29-16)13-2-4-14(22)5-3-13/h2-10,12H,11H2,1H3,(H2,25,26,27,30). The molecular weight excluding hydrogens is 511 g/mol. The second kappa shape index (κ2) is 10.3.